The van der Waals surface area contributed by atoms with Crippen molar-refractivity contribution in [3.05, 3.63) is 47.6 Å². The van der Waals surface area contributed by atoms with Gasteiger partial charge in [0.05, 0.1) is 6.04 Å². The predicted octanol–water partition coefficient (Wildman–Crippen LogP) is 4.14. The van der Waals surface area contributed by atoms with Gasteiger partial charge in [-0.2, -0.15) is 0 Å². The van der Waals surface area contributed by atoms with E-state index in [1.165, 1.54) is 31.2 Å². The second-order valence-electron chi connectivity index (χ2n) is 6.16. The van der Waals surface area contributed by atoms with Gasteiger partial charge in [-0.05, 0) is 37.4 Å². The summed E-state index contributed by atoms with van der Waals surface area (Å²) in [6.45, 7) is 4.23. The van der Waals surface area contributed by atoms with Crippen LogP contribution in [-0.4, -0.2) is 21.6 Å². The van der Waals surface area contributed by atoms with Gasteiger partial charge in [0.1, 0.15) is 11.5 Å². The van der Waals surface area contributed by atoms with Crippen LogP contribution >= 0.6 is 0 Å². The Kier molecular flexibility index (Phi) is 5.22. The van der Waals surface area contributed by atoms with Crippen LogP contribution in [0.1, 0.15) is 62.1 Å². The molecule has 1 atom stereocenters. The Labute approximate surface area is 132 Å². The van der Waals surface area contributed by atoms with Crippen molar-refractivity contribution in [1.29, 1.82) is 0 Å². The van der Waals surface area contributed by atoms with Crippen LogP contribution in [0, 0.1) is 0 Å². The lowest BCUT2D eigenvalue weighted by molar-refractivity contribution is 0.183. The first-order valence-corrected chi connectivity index (χ1v) is 8.45. The van der Waals surface area contributed by atoms with Crippen molar-refractivity contribution < 1.29 is 4.52 Å². The van der Waals surface area contributed by atoms with E-state index in [9.17, 15) is 0 Å². The zero-order chi connectivity index (χ0) is 15.2. The van der Waals surface area contributed by atoms with E-state index in [0.29, 0.717) is 6.04 Å². The molecule has 0 radical (unpaired) electrons. The van der Waals surface area contributed by atoms with E-state index >= 15 is 0 Å². The Hall–Kier alpha value is -1.68. The molecule has 3 heterocycles. The summed E-state index contributed by atoms with van der Waals surface area (Å²) in [5.74, 6) is 1.02. The van der Waals surface area contributed by atoms with Gasteiger partial charge >= 0.3 is 0 Å². The smallest absolute Gasteiger partial charge is 0.137 e. The standard InChI is InChI=1S/C18H25N3O/c1-2-7-16-12-17(20-22-16)18-9-4-3-5-11-21(18)14-15-8-6-10-19-13-15/h6,8,10,12-13,18H,2-5,7,9,11,14H2,1H3. The largest absolute Gasteiger partial charge is 0.361 e. The Morgan fingerprint density at radius 3 is 3.09 bits per heavy atom. The Balaban J connectivity index is 1.77. The highest BCUT2D eigenvalue weighted by Gasteiger charge is 2.25. The molecule has 1 saturated heterocycles. The number of pyridine rings is 1. The normalized spacial score (nSPS) is 20.0. The lowest BCUT2D eigenvalue weighted by atomic mass is 10.1. The van der Waals surface area contributed by atoms with Crippen molar-refractivity contribution in [2.75, 3.05) is 6.54 Å². The van der Waals surface area contributed by atoms with Crippen molar-refractivity contribution in [1.82, 2.24) is 15.0 Å². The fraction of sp³-hybridized carbons (Fsp3) is 0.556. The molecule has 4 nitrogen and oxygen atoms in total. The van der Waals surface area contributed by atoms with E-state index in [-0.39, 0.29) is 0 Å². The minimum absolute atomic E-state index is 0.372. The molecule has 0 N–H and O–H groups in total. The molecule has 4 heteroatoms. The fourth-order valence-electron chi connectivity index (χ4n) is 3.27. The number of hydrogen-bond donors (Lipinski definition) is 0. The third kappa shape index (κ3) is 3.74. The van der Waals surface area contributed by atoms with Crippen molar-refractivity contribution in [2.24, 2.45) is 0 Å². The molecule has 1 unspecified atom stereocenters. The molecule has 1 aliphatic heterocycles. The van der Waals surface area contributed by atoms with E-state index in [4.69, 9.17) is 4.52 Å². The van der Waals surface area contributed by atoms with E-state index in [0.717, 1.165) is 37.4 Å². The number of aromatic nitrogens is 2. The Bertz CT molecular complexity index is 567. The van der Waals surface area contributed by atoms with Gasteiger partial charge in [-0.15, -0.1) is 0 Å². The highest BCUT2D eigenvalue weighted by molar-refractivity contribution is 5.13. The summed E-state index contributed by atoms with van der Waals surface area (Å²) in [4.78, 5) is 6.78. The molecule has 0 spiro atoms. The average Bonchev–Trinajstić information content (AvgIpc) is 2.88. The maximum absolute atomic E-state index is 5.51. The Morgan fingerprint density at radius 1 is 1.32 bits per heavy atom. The first-order chi connectivity index (χ1) is 10.9. The summed E-state index contributed by atoms with van der Waals surface area (Å²) in [6.07, 6.45) is 10.9. The van der Waals surface area contributed by atoms with Gasteiger partial charge in [-0.1, -0.05) is 31.0 Å². The van der Waals surface area contributed by atoms with E-state index < -0.39 is 0 Å². The second kappa shape index (κ2) is 7.54. The molecule has 0 saturated carbocycles. The molecule has 3 rings (SSSR count). The molecular weight excluding hydrogens is 274 g/mol. The van der Waals surface area contributed by atoms with Crippen molar-refractivity contribution in [2.45, 2.75) is 58.0 Å². The van der Waals surface area contributed by atoms with Crippen LogP contribution < -0.4 is 0 Å². The summed E-state index contributed by atoms with van der Waals surface area (Å²) in [5.41, 5.74) is 2.38. The zero-order valence-electron chi connectivity index (χ0n) is 13.4. The summed E-state index contributed by atoms with van der Waals surface area (Å²) >= 11 is 0. The topological polar surface area (TPSA) is 42.2 Å². The van der Waals surface area contributed by atoms with Gasteiger partial charge in [-0.25, -0.2) is 0 Å². The molecule has 1 aliphatic rings. The minimum Gasteiger partial charge on any atom is -0.361 e. The third-order valence-electron chi connectivity index (χ3n) is 4.39. The van der Waals surface area contributed by atoms with Gasteiger partial charge in [0.2, 0.25) is 0 Å². The van der Waals surface area contributed by atoms with Gasteiger partial charge in [0.25, 0.3) is 0 Å². The van der Waals surface area contributed by atoms with E-state index in [1.807, 2.05) is 18.5 Å². The molecule has 1 fully saturated rings. The van der Waals surface area contributed by atoms with Crippen LogP contribution in [0.25, 0.3) is 0 Å². The number of aryl methyl sites for hydroxylation is 1. The summed E-state index contributed by atoms with van der Waals surface area (Å²) in [7, 11) is 0. The van der Waals surface area contributed by atoms with E-state index in [1.54, 1.807) is 0 Å². The predicted molar refractivity (Wildman–Crippen MR) is 86.4 cm³/mol. The lowest BCUT2D eigenvalue weighted by Crippen LogP contribution is -2.28. The van der Waals surface area contributed by atoms with Gasteiger partial charge in [-0.3, -0.25) is 9.88 Å². The molecule has 0 aromatic carbocycles. The highest BCUT2D eigenvalue weighted by Crippen LogP contribution is 2.31. The highest BCUT2D eigenvalue weighted by atomic mass is 16.5. The van der Waals surface area contributed by atoms with Crippen molar-refractivity contribution >= 4 is 0 Å². The van der Waals surface area contributed by atoms with Gasteiger partial charge < -0.3 is 4.52 Å². The molecule has 0 amide bonds. The van der Waals surface area contributed by atoms with Crippen LogP contribution in [-0.2, 0) is 13.0 Å². The fourth-order valence-corrected chi connectivity index (χ4v) is 3.27. The SMILES string of the molecule is CCCc1cc(C2CCCCCN2Cc2cccnc2)no1. The van der Waals surface area contributed by atoms with Gasteiger partial charge in [0, 0.05) is 31.4 Å². The first-order valence-electron chi connectivity index (χ1n) is 8.45. The molecular formula is C18H25N3O. The number of nitrogens with zero attached hydrogens (tertiary/aromatic N) is 3. The van der Waals surface area contributed by atoms with Crippen LogP contribution in [0.3, 0.4) is 0 Å². The molecule has 2 aromatic rings. The lowest BCUT2D eigenvalue weighted by Gasteiger charge is -2.28. The first kappa shape index (κ1) is 15.2. The van der Waals surface area contributed by atoms with Crippen molar-refractivity contribution in [3.8, 4) is 0 Å². The molecule has 2 aromatic heterocycles. The second-order valence-corrected chi connectivity index (χ2v) is 6.16. The third-order valence-corrected chi connectivity index (χ3v) is 4.39. The molecule has 118 valence electrons. The maximum atomic E-state index is 5.51. The van der Waals surface area contributed by atoms with Crippen LogP contribution in [0.15, 0.2) is 35.1 Å². The Morgan fingerprint density at radius 2 is 2.27 bits per heavy atom. The average molecular weight is 299 g/mol. The van der Waals surface area contributed by atoms with Crippen molar-refractivity contribution in [3.63, 3.8) is 0 Å². The number of hydrogen-bond acceptors (Lipinski definition) is 4. The monoisotopic (exact) mass is 299 g/mol. The number of rotatable bonds is 5. The summed E-state index contributed by atoms with van der Waals surface area (Å²) in [5, 5.41) is 4.36. The van der Waals surface area contributed by atoms with E-state index in [2.05, 4.69) is 34.1 Å². The zero-order valence-corrected chi connectivity index (χ0v) is 13.4. The summed E-state index contributed by atoms with van der Waals surface area (Å²) < 4.78 is 5.51. The van der Waals surface area contributed by atoms with Crippen LogP contribution in [0.2, 0.25) is 0 Å². The molecule has 0 aliphatic carbocycles. The maximum Gasteiger partial charge on any atom is 0.137 e. The molecule has 22 heavy (non-hydrogen) atoms. The summed E-state index contributed by atoms with van der Waals surface area (Å²) in [6, 6.07) is 6.70. The van der Waals surface area contributed by atoms with Gasteiger partial charge in [0.15, 0.2) is 0 Å². The number of likely N-dealkylation sites (tertiary alicyclic amines) is 1. The molecule has 0 bridgehead atoms. The van der Waals surface area contributed by atoms with Crippen LogP contribution in [0.4, 0.5) is 0 Å². The quantitative estimate of drug-likeness (QED) is 0.832. The minimum atomic E-state index is 0.372. The van der Waals surface area contributed by atoms with Crippen LogP contribution in [0.5, 0.6) is 0 Å².